The summed E-state index contributed by atoms with van der Waals surface area (Å²) in [6.45, 7) is 4.52. The van der Waals surface area contributed by atoms with Crippen LogP contribution in [0.5, 0.6) is 0 Å². The third-order valence-electron chi connectivity index (χ3n) is 4.57. The molecule has 6 heteroatoms. The number of halogens is 2. The maximum absolute atomic E-state index is 13.9. The molecule has 3 aromatic rings. The lowest BCUT2D eigenvalue weighted by Gasteiger charge is -2.11. The number of nitrogens with one attached hydrogen (secondary N) is 1. The van der Waals surface area contributed by atoms with E-state index in [4.69, 9.17) is 11.6 Å². The van der Waals surface area contributed by atoms with E-state index < -0.39 is 0 Å². The first-order chi connectivity index (χ1) is 13.5. The van der Waals surface area contributed by atoms with E-state index in [1.54, 1.807) is 29.7 Å². The number of hydrogen-bond donors (Lipinski definition) is 1. The standard InChI is InChI=1S/C22H23ClFN3O/c1-3-4-7-13-25-22(28)20-15(2)27(17-10-8-9-16(24)14-17)21(26-20)18-11-5-6-12-19(18)23/h5-6,8-12,14H,3-4,7,13H2,1-2H3,(H,25,28). The van der Waals surface area contributed by atoms with Crippen LogP contribution in [-0.2, 0) is 0 Å². The highest BCUT2D eigenvalue weighted by Crippen LogP contribution is 2.31. The third kappa shape index (κ3) is 4.25. The summed E-state index contributed by atoms with van der Waals surface area (Å²) in [5.41, 5.74) is 2.22. The maximum atomic E-state index is 13.9. The second-order valence-corrected chi connectivity index (χ2v) is 7.03. The Morgan fingerprint density at radius 3 is 2.68 bits per heavy atom. The molecule has 4 nitrogen and oxygen atoms in total. The van der Waals surface area contributed by atoms with Crippen molar-refractivity contribution in [1.29, 1.82) is 0 Å². The average molecular weight is 400 g/mol. The van der Waals surface area contributed by atoms with Crippen molar-refractivity contribution in [2.75, 3.05) is 6.54 Å². The fourth-order valence-electron chi connectivity index (χ4n) is 3.13. The number of benzene rings is 2. The van der Waals surface area contributed by atoms with Gasteiger partial charge in [-0.3, -0.25) is 9.36 Å². The number of unbranched alkanes of at least 4 members (excludes halogenated alkanes) is 2. The van der Waals surface area contributed by atoms with E-state index in [1.807, 2.05) is 18.2 Å². The van der Waals surface area contributed by atoms with E-state index in [2.05, 4.69) is 17.2 Å². The van der Waals surface area contributed by atoms with Crippen LogP contribution in [-0.4, -0.2) is 22.0 Å². The Kier molecular flexibility index (Phi) is 6.47. The molecule has 1 amide bonds. The first kappa shape index (κ1) is 20.1. The van der Waals surface area contributed by atoms with Gasteiger partial charge in [-0.25, -0.2) is 9.37 Å². The molecule has 2 aromatic carbocycles. The van der Waals surface area contributed by atoms with E-state index in [1.165, 1.54) is 12.1 Å². The van der Waals surface area contributed by atoms with Gasteiger partial charge in [0, 0.05) is 12.1 Å². The molecular weight excluding hydrogens is 377 g/mol. The Hall–Kier alpha value is -2.66. The highest BCUT2D eigenvalue weighted by atomic mass is 35.5. The second kappa shape index (κ2) is 9.02. The minimum absolute atomic E-state index is 0.239. The van der Waals surface area contributed by atoms with Gasteiger partial charge in [0.2, 0.25) is 0 Å². The Balaban J connectivity index is 2.08. The first-order valence-corrected chi connectivity index (χ1v) is 9.79. The molecule has 1 aromatic heterocycles. The summed E-state index contributed by atoms with van der Waals surface area (Å²) in [6, 6.07) is 13.5. The number of carbonyl (C=O) groups is 1. The molecule has 0 saturated carbocycles. The lowest BCUT2D eigenvalue weighted by Crippen LogP contribution is -2.25. The zero-order chi connectivity index (χ0) is 20.1. The minimum Gasteiger partial charge on any atom is -0.351 e. The molecule has 0 atom stereocenters. The van der Waals surface area contributed by atoms with Crippen LogP contribution in [0.1, 0.15) is 42.4 Å². The van der Waals surface area contributed by atoms with Crippen LogP contribution >= 0.6 is 11.6 Å². The second-order valence-electron chi connectivity index (χ2n) is 6.63. The van der Waals surface area contributed by atoms with Crippen molar-refractivity contribution in [3.05, 3.63) is 70.8 Å². The van der Waals surface area contributed by atoms with E-state index in [9.17, 15) is 9.18 Å². The van der Waals surface area contributed by atoms with Crippen molar-refractivity contribution in [1.82, 2.24) is 14.9 Å². The van der Waals surface area contributed by atoms with Crippen molar-refractivity contribution in [3.8, 4) is 17.1 Å². The van der Waals surface area contributed by atoms with Crippen LogP contribution in [0.4, 0.5) is 4.39 Å². The van der Waals surface area contributed by atoms with Gasteiger partial charge < -0.3 is 5.32 Å². The number of aromatic nitrogens is 2. The van der Waals surface area contributed by atoms with E-state index in [-0.39, 0.29) is 11.7 Å². The summed E-state index contributed by atoms with van der Waals surface area (Å²) in [7, 11) is 0. The molecule has 146 valence electrons. The van der Waals surface area contributed by atoms with Gasteiger partial charge in [-0.15, -0.1) is 0 Å². The molecule has 3 rings (SSSR count). The molecule has 28 heavy (non-hydrogen) atoms. The summed E-state index contributed by atoms with van der Waals surface area (Å²) >= 11 is 6.38. The normalized spacial score (nSPS) is 10.9. The molecule has 0 fully saturated rings. The molecule has 0 spiro atoms. The van der Waals surface area contributed by atoms with Crippen LogP contribution in [0, 0.1) is 12.7 Å². The number of nitrogens with zero attached hydrogens (tertiary/aromatic N) is 2. The van der Waals surface area contributed by atoms with Crippen molar-refractivity contribution in [2.45, 2.75) is 33.1 Å². The summed E-state index contributed by atoms with van der Waals surface area (Å²) < 4.78 is 15.6. The van der Waals surface area contributed by atoms with Crippen molar-refractivity contribution < 1.29 is 9.18 Å². The van der Waals surface area contributed by atoms with Crippen molar-refractivity contribution >= 4 is 17.5 Å². The van der Waals surface area contributed by atoms with E-state index in [0.29, 0.717) is 40.0 Å². The average Bonchev–Trinajstić information content (AvgIpc) is 3.02. The van der Waals surface area contributed by atoms with Gasteiger partial charge in [-0.1, -0.05) is 49.6 Å². The zero-order valence-corrected chi connectivity index (χ0v) is 16.8. The molecule has 0 aliphatic rings. The van der Waals surface area contributed by atoms with Crippen LogP contribution in [0.2, 0.25) is 5.02 Å². The van der Waals surface area contributed by atoms with Crippen molar-refractivity contribution in [2.24, 2.45) is 0 Å². The number of rotatable bonds is 7. The lowest BCUT2D eigenvalue weighted by molar-refractivity contribution is 0.0948. The van der Waals surface area contributed by atoms with Crippen molar-refractivity contribution in [3.63, 3.8) is 0 Å². The van der Waals surface area contributed by atoms with Gasteiger partial charge in [-0.05, 0) is 43.7 Å². The maximum Gasteiger partial charge on any atom is 0.271 e. The smallest absolute Gasteiger partial charge is 0.271 e. The molecule has 0 saturated heterocycles. The van der Waals surface area contributed by atoms with Gasteiger partial charge in [0.25, 0.3) is 5.91 Å². The fraction of sp³-hybridized carbons (Fsp3) is 0.273. The predicted octanol–water partition coefficient (Wildman–Crippen LogP) is 5.56. The number of amides is 1. The highest BCUT2D eigenvalue weighted by molar-refractivity contribution is 6.33. The summed E-state index contributed by atoms with van der Waals surface area (Å²) in [4.78, 5) is 17.3. The fourth-order valence-corrected chi connectivity index (χ4v) is 3.35. The summed E-state index contributed by atoms with van der Waals surface area (Å²) in [6.07, 6.45) is 3.06. The molecule has 1 N–H and O–H groups in total. The quantitative estimate of drug-likeness (QED) is 0.528. The highest BCUT2D eigenvalue weighted by Gasteiger charge is 2.22. The number of imidazole rings is 1. The summed E-state index contributed by atoms with van der Waals surface area (Å²) in [5, 5.41) is 3.44. The predicted molar refractivity (Wildman–Crippen MR) is 111 cm³/mol. The van der Waals surface area contributed by atoms with Crippen LogP contribution in [0.15, 0.2) is 48.5 Å². The van der Waals surface area contributed by atoms with Gasteiger partial charge >= 0.3 is 0 Å². The molecule has 0 aliphatic carbocycles. The number of hydrogen-bond acceptors (Lipinski definition) is 2. The van der Waals surface area contributed by atoms with E-state index >= 15 is 0 Å². The van der Waals surface area contributed by atoms with Gasteiger partial charge in [0.05, 0.1) is 16.4 Å². The molecule has 0 aliphatic heterocycles. The molecular formula is C22H23ClFN3O. The molecule has 0 unspecified atom stereocenters. The Morgan fingerprint density at radius 1 is 1.18 bits per heavy atom. The molecule has 0 bridgehead atoms. The zero-order valence-electron chi connectivity index (χ0n) is 16.0. The van der Waals surface area contributed by atoms with Crippen LogP contribution in [0.25, 0.3) is 17.1 Å². The SMILES string of the molecule is CCCCCNC(=O)c1nc(-c2ccccc2Cl)n(-c2cccc(F)c2)c1C. The largest absolute Gasteiger partial charge is 0.351 e. The molecule has 0 radical (unpaired) electrons. The Labute approximate surface area is 169 Å². The third-order valence-corrected chi connectivity index (χ3v) is 4.90. The Bertz CT molecular complexity index is 984. The lowest BCUT2D eigenvalue weighted by atomic mass is 10.2. The molecule has 1 heterocycles. The van der Waals surface area contributed by atoms with Crippen LogP contribution in [0.3, 0.4) is 0 Å². The topological polar surface area (TPSA) is 46.9 Å². The van der Waals surface area contributed by atoms with Gasteiger partial charge in [-0.2, -0.15) is 0 Å². The van der Waals surface area contributed by atoms with Gasteiger partial charge in [0.1, 0.15) is 17.3 Å². The van der Waals surface area contributed by atoms with E-state index in [0.717, 1.165) is 19.3 Å². The first-order valence-electron chi connectivity index (χ1n) is 9.41. The summed E-state index contributed by atoms with van der Waals surface area (Å²) in [5.74, 6) is -0.0919. The monoisotopic (exact) mass is 399 g/mol. The Morgan fingerprint density at radius 2 is 1.96 bits per heavy atom. The number of carbonyl (C=O) groups excluding carboxylic acids is 1. The van der Waals surface area contributed by atoms with Gasteiger partial charge in [0.15, 0.2) is 0 Å². The minimum atomic E-state index is -0.360. The van der Waals surface area contributed by atoms with Crippen LogP contribution < -0.4 is 5.32 Å².